The lowest BCUT2D eigenvalue weighted by atomic mass is 10.0. The maximum Gasteiger partial charge on any atom is 0.251 e. The predicted octanol–water partition coefficient (Wildman–Crippen LogP) is 2.32. The van der Waals surface area contributed by atoms with Crippen LogP contribution in [0.3, 0.4) is 0 Å². The highest BCUT2D eigenvalue weighted by molar-refractivity contribution is 5.46. The summed E-state index contributed by atoms with van der Waals surface area (Å²) in [6.07, 6.45) is -0.502. The van der Waals surface area contributed by atoms with Crippen LogP contribution in [-0.2, 0) is 6.61 Å². The van der Waals surface area contributed by atoms with Crippen LogP contribution >= 0.6 is 0 Å². The summed E-state index contributed by atoms with van der Waals surface area (Å²) in [6.45, 7) is 1.33. The molecule has 0 atom stereocenters. The Balaban J connectivity index is 1.81. The fourth-order valence-electron chi connectivity index (χ4n) is 2.45. The van der Waals surface area contributed by atoms with Gasteiger partial charge in [-0.05, 0) is 30.5 Å². The fourth-order valence-corrected chi connectivity index (χ4v) is 2.45. The summed E-state index contributed by atoms with van der Waals surface area (Å²) >= 11 is 0. The second-order valence-corrected chi connectivity index (χ2v) is 4.97. The molecule has 0 saturated carbocycles. The van der Waals surface area contributed by atoms with Crippen molar-refractivity contribution in [2.45, 2.75) is 31.9 Å². The molecule has 2 N–H and O–H groups in total. The number of nitrogens with zero attached hydrogens (tertiary/aromatic N) is 1. The molecular formula is C14H20F2N2O. The van der Waals surface area contributed by atoms with Crippen LogP contribution in [0.1, 0.15) is 18.4 Å². The molecule has 0 spiro atoms. The molecule has 0 aliphatic carbocycles. The third-order valence-corrected chi connectivity index (χ3v) is 3.46. The van der Waals surface area contributed by atoms with Gasteiger partial charge >= 0.3 is 0 Å². The van der Waals surface area contributed by atoms with Crippen LogP contribution in [0, 0.1) is 0 Å². The van der Waals surface area contributed by atoms with E-state index < -0.39 is 6.43 Å². The van der Waals surface area contributed by atoms with Crippen LogP contribution < -0.4 is 5.32 Å². The zero-order valence-electron chi connectivity index (χ0n) is 10.9. The number of halogens is 2. The average Bonchev–Trinajstić information content (AvgIpc) is 2.41. The topological polar surface area (TPSA) is 35.5 Å². The standard InChI is InChI=1S/C14H20F2N2O/c15-14(16)9-18-6-4-12(5-7-18)17-13-3-1-2-11(8-13)10-19/h1-3,8,12,14,17,19H,4-7,9-10H2. The number of nitrogens with one attached hydrogen (secondary N) is 1. The van der Waals surface area contributed by atoms with E-state index in [9.17, 15) is 8.78 Å². The molecule has 1 aliphatic rings. The molecule has 0 unspecified atom stereocenters. The molecule has 1 fully saturated rings. The van der Waals surface area contributed by atoms with Crippen molar-refractivity contribution in [1.82, 2.24) is 4.90 Å². The molecule has 2 rings (SSSR count). The first-order chi connectivity index (χ1) is 9.17. The first-order valence-corrected chi connectivity index (χ1v) is 6.64. The van der Waals surface area contributed by atoms with Gasteiger partial charge < -0.3 is 10.4 Å². The van der Waals surface area contributed by atoms with Crippen LogP contribution in [0.4, 0.5) is 14.5 Å². The van der Waals surface area contributed by atoms with E-state index >= 15 is 0 Å². The quantitative estimate of drug-likeness (QED) is 0.862. The van der Waals surface area contributed by atoms with Crippen LogP contribution in [0.15, 0.2) is 24.3 Å². The summed E-state index contributed by atoms with van der Waals surface area (Å²) in [5.74, 6) is 0. The first kappa shape index (κ1) is 14.2. The molecule has 3 nitrogen and oxygen atoms in total. The van der Waals surface area contributed by atoms with E-state index in [1.165, 1.54) is 0 Å². The Bertz CT molecular complexity index is 393. The van der Waals surface area contributed by atoms with Gasteiger partial charge in [0.1, 0.15) is 0 Å². The number of hydrogen-bond donors (Lipinski definition) is 2. The van der Waals surface area contributed by atoms with Crippen LogP contribution in [-0.4, -0.2) is 42.1 Å². The van der Waals surface area contributed by atoms with E-state index in [0.717, 1.165) is 24.1 Å². The van der Waals surface area contributed by atoms with Crippen LogP contribution in [0.25, 0.3) is 0 Å². The van der Waals surface area contributed by atoms with Crippen molar-refractivity contribution in [1.29, 1.82) is 0 Å². The van der Waals surface area contributed by atoms with Crippen molar-refractivity contribution >= 4 is 5.69 Å². The molecule has 0 amide bonds. The zero-order chi connectivity index (χ0) is 13.7. The van der Waals surface area contributed by atoms with Crippen molar-refractivity contribution < 1.29 is 13.9 Å². The number of anilines is 1. The Hall–Kier alpha value is -1.20. The largest absolute Gasteiger partial charge is 0.392 e. The van der Waals surface area contributed by atoms with E-state index in [1.807, 2.05) is 29.2 Å². The maximum absolute atomic E-state index is 12.3. The molecule has 0 bridgehead atoms. The van der Waals surface area contributed by atoms with Crippen molar-refractivity contribution in [3.05, 3.63) is 29.8 Å². The highest BCUT2D eigenvalue weighted by atomic mass is 19.3. The van der Waals surface area contributed by atoms with E-state index in [4.69, 9.17) is 5.11 Å². The van der Waals surface area contributed by atoms with Gasteiger partial charge in [0.05, 0.1) is 13.2 Å². The number of likely N-dealkylation sites (tertiary alicyclic amines) is 1. The number of aliphatic hydroxyl groups is 1. The van der Waals surface area contributed by atoms with Crippen molar-refractivity contribution in [2.75, 3.05) is 25.0 Å². The Morgan fingerprint density at radius 3 is 2.68 bits per heavy atom. The second-order valence-electron chi connectivity index (χ2n) is 4.97. The first-order valence-electron chi connectivity index (χ1n) is 6.64. The van der Waals surface area contributed by atoms with Crippen molar-refractivity contribution in [2.24, 2.45) is 0 Å². The maximum atomic E-state index is 12.3. The molecular weight excluding hydrogens is 250 g/mol. The lowest BCUT2D eigenvalue weighted by molar-refractivity contribution is 0.0769. The van der Waals surface area contributed by atoms with Crippen LogP contribution in [0.2, 0.25) is 0 Å². The van der Waals surface area contributed by atoms with Gasteiger partial charge in [-0.3, -0.25) is 4.90 Å². The van der Waals surface area contributed by atoms with Crippen LogP contribution in [0.5, 0.6) is 0 Å². The number of aliphatic hydroxyl groups excluding tert-OH is 1. The average molecular weight is 270 g/mol. The van der Waals surface area contributed by atoms with Gasteiger partial charge in [0.25, 0.3) is 6.43 Å². The normalized spacial score (nSPS) is 17.9. The van der Waals surface area contributed by atoms with E-state index in [-0.39, 0.29) is 13.2 Å². The number of benzene rings is 1. The minimum absolute atomic E-state index is 0.0301. The third-order valence-electron chi connectivity index (χ3n) is 3.46. The minimum atomic E-state index is -2.24. The lowest BCUT2D eigenvalue weighted by Gasteiger charge is -2.32. The molecule has 1 aromatic carbocycles. The highest BCUT2D eigenvalue weighted by Gasteiger charge is 2.21. The summed E-state index contributed by atoms with van der Waals surface area (Å²) < 4.78 is 24.5. The molecule has 1 saturated heterocycles. The Morgan fingerprint density at radius 1 is 1.32 bits per heavy atom. The molecule has 106 valence electrons. The fraction of sp³-hybridized carbons (Fsp3) is 0.571. The molecule has 0 aromatic heterocycles. The van der Waals surface area contributed by atoms with Gasteiger partial charge in [-0.2, -0.15) is 0 Å². The highest BCUT2D eigenvalue weighted by Crippen LogP contribution is 2.18. The molecule has 1 heterocycles. The summed E-state index contributed by atoms with van der Waals surface area (Å²) in [5, 5.41) is 12.5. The minimum Gasteiger partial charge on any atom is -0.392 e. The molecule has 5 heteroatoms. The van der Waals surface area contributed by atoms with Gasteiger partial charge in [-0.25, -0.2) is 8.78 Å². The summed E-state index contributed by atoms with van der Waals surface area (Å²) in [6, 6.07) is 7.98. The van der Waals surface area contributed by atoms with E-state index in [1.54, 1.807) is 0 Å². The van der Waals surface area contributed by atoms with Gasteiger partial charge in [0.15, 0.2) is 0 Å². The predicted molar refractivity (Wildman–Crippen MR) is 71.5 cm³/mol. The second kappa shape index (κ2) is 6.82. The van der Waals surface area contributed by atoms with Gasteiger partial charge in [0.2, 0.25) is 0 Å². The molecule has 1 aliphatic heterocycles. The Morgan fingerprint density at radius 2 is 2.05 bits per heavy atom. The third kappa shape index (κ3) is 4.44. The number of piperidine rings is 1. The molecule has 19 heavy (non-hydrogen) atoms. The molecule has 1 aromatic rings. The SMILES string of the molecule is OCc1cccc(NC2CCN(CC(F)F)CC2)c1. The Kier molecular flexibility index (Phi) is 5.10. The monoisotopic (exact) mass is 270 g/mol. The van der Waals surface area contributed by atoms with Crippen molar-refractivity contribution in [3.63, 3.8) is 0 Å². The van der Waals surface area contributed by atoms with E-state index in [0.29, 0.717) is 19.1 Å². The Labute approximate surface area is 112 Å². The summed E-state index contributed by atoms with van der Waals surface area (Å²) in [4.78, 5) is 1.81. The zero-order valence-corrected chi connectivity index (χ0v) is 10.9. The lowest BCUT2D eigenvalue weighted by Crippen LogP contribution is -2.41. The smallest absolute Gasteiger partial charge is 0.251 e. The number of alkyl halides is 2. The van der Waals surface area contributed by atoms with Crippen molar-refractivity contribution in [3.8, 4) is 0 Å². The molecule has 0 radical (unpaired) electrons. The summed E-state index contributed by atoms with van der Waals surface area (Å²) in [5.41, 5.74) is 1.86. The number of hydrogen-bond acceptors (Lipinski definition) is 3. The number of rotatable bonds is 5. The van der Waals surface area contributed by atoms with Gasteiger partial charge in [-0.15, -0.1) is 0 Å². The van der Waals surface area contributed by atoms with Gasteiger partial charge in [-0.1, -0.05) is 12.1 Å². The summed E-state index contributed by atoms with van der Waals surface area (Å²) in [7, 11) is 0. The van der Waals surface area contributed by atoms with Gasteiger partial charge in [0, 0.05) is 24.8 Å². The van der Waals surface area contributed by atoms with E-state index in [2.05, 4.69) is 5.32 Å².